The molecule has 1 fully saturated rings. The summed E-state index contributed by atoms with van der Waals surface area (Å²) in [6, 6.07) is 15.0. The van der Waals surface area contributed by atoms with E-state index < -0.39 is 0 Å². The van der Waals surface area contributed by atoms with Gasteiger partial charge in [-0.15, -0.1) is 0 Å². The molecule has 1 saturated heterocycles. The number of pyridine rings is 1. The van der Waals surface area contributed by atoms with E-state index in [9.17, 15) is 4.79 Å². The Morgan fingerprint density at radius 3 is 2.92 bits per heavy atom. The van der Waals surface area contributed by atoms with Crippen LogP contribution in [0, 0.1) is 19.8 Å². The van der Waals surface area contributed by atoms with E-state index in [2.05, 4.69) is 64.7 Å². The number of aromatic nitrogens is 3. The van der Waals surface area contributed by atoms with Gasteiger partial charge in [0.2, 0.25) is 0 Å². The van der Waals surface area contributed by atoms with Crippen LogP contribution in [-0.4, -0.2) is 58.9 Å². The third kappa shape index (κ3) is 6.21. The van der Waals surface area contributed by atoms with Gasteiger partial charge in [-0.05, 0) is 93.8 Å². The zero-order valence-corrected chi connectivity index (χ0v) is 22.4. The van der Waals surface area contributed by atoms with Gasteiger partial charge in [-0.1, -0.05) is 18.2 Å². The Bertz CT molecular complexity index is 1240. The number of anilines is 1. The SMILES string of the molecule is COC(=O)CC(CN1CC[C@@H](CCc2ccc3c(n2)NCCC3)C1)c1cccc(-n2nc(C)cc2C)c1. The van der Waals surface area contributed by atoms with Gasteiger partial charge in [0.25, 0.3) is 0 Å². The van der Waals surface area contributed by atoms with Gasteiger partial charge in [-0.3, -0.25) is 4.79 Å². The number of hydrogen-bond donors (Lipinski definition) is 1. The Morgan fingerprint density at radius 2 is 2.11 bits per heavy atom. The summed E-state index contributed by atoms with van der Waals surface area (Å²) in [6.45, 7) is 8.09. The molecule has 196 valence electrons. The molecule has 7 heteroatoms. The second-order valence-electron chi connectivity index (χ2n) is 10.7. The number of ether oxygens (including phenoxy) is 1. The molecule has 0 bridgehead atoms. The van der Waals surface area contributed by atoms with E-state index in [1.54, 1.807) is 0 Å². The molecule has 1 aromatic carbocycles. The maximum absolute atomic E-state index is 12.3. The van der Waals surface area contributed by atoms with Gasteiger partial charge < -0.3 is 15.0 Å². The highest BCUT2D eigenvalue weighted by Gasteiger charge is 2.27. The molecule has 0 spiro atoms. The molecule has 2 aliphatic heterocycles. The van der Waals surface area contributed by atoms with Crippen LogP contribution in [0.3, 0.4) is 0 Å². The van der Waals surface area contributed by atoms with Gasteiger partial charge in [0.1, 0.15) is 5.82 Å². The Hall–Kier alpha value is -3.19. The lowest BCUT2D eigenvalue weighted by Gasteiger charge is -2.24. The molecule has 37 heavy (non-hydrogen) atoms. The molecule has 0 saturated carbocycles. The number of rotatable bonds is 9. The van der Waals surface area contributed by atoms with Crippen molar-refractivity contribution >= 4 is 11.8 Å². The van der Waals surface area contributed by atoms with Gasteiger partial charge in [-0.2, -0.15) is 5.10 Å². The van der Waals surface area contributed by atoms with Crippen LogP contribution in [-0.2, 0) is 22.4 Å². The van der Waals surface area contributed by atoms with E-state index in [0.717, 1.165) is 73.9 Å². The minimum atomic E-state index is -0.163. The summed E-state index contributed by atoms with van der Waals surface area (Å²) < 4.78 is 7.04. The van der Waals surface area contributed by atoms with Gasteiger partial charge in [0, 0.05) is 36.9 Å². The fourth-order valence-electron chi connectivity index (χ4n) is 5.86. The van der Waals surface area contributed by atoms with Crippen molar-refractivity contribution in [3.8, 4) is 5.69 Å². The Kier molecular flexibility index (Phi) is 7.89. The summed E-state index contributed by atoms with van der Waals surface area (Å²) in [5, 5.41) is 8.10. The number of likely N-dealkylation sites (tertiary alicyclic amines) is 1. The van der Waals surface area contributed by atoms with Crippen LogP contribution < -0.4 is 5.32 Å². The molecule has 0 aliphatic carbocycles. The number of esters is 1. The highest BCUT2D eigenvalue weighted by molar-refractivity contribution is 5.70. The van der Waals surface area contributed by atoms with Crippen LogP contribution >= 0.6 is 0 Å². The summed E-state index contributed by atoms with van der Waals surface area (Å²) in [5.74, 6) is 1.66. The first-order valence-electron chi connectivity index (χ1n) is 13.6. The standard InChI is InChI=1S/C30H39N5O2/c1-21-16-22(2)35(33-21)28-8-4-6-25(17-28)26(18-29(36)37-3)20-34-15-13-23(19-34)9-11-27-12-10-24-7-5-14-31-30(24)32-27/h4,6,8,10,12,16-17,23,26H,5,7,9,11,13-15,18-20H2,1-3H3,(H,31,32)/t23-,26?/m1/s1. The molecule has 0 amide bonds. The number of fused-ring (bicyclic) bond motifs is 1. The predicted octanol–water partition coefficient (Wildman–Crippen LogP) is 4.84. The fourth-order valence-corrected chi connectivity index (χ4v) is 5.86. The minimum Gasteiger partial charge on any atom is -0.469 e. The minimum absolute atomic E-state index is 0.0801. The summed E-state index contributed by atoms with van der Waals surface area (Å²) in [6.07, 6.45) is 6.06. The first kappa shape index (κ1) is 25.5. The largest absolute Gasteiger partial charge is 0.469 e. The molecule has 0 radical (unpaired) electrons. The molecule has 1 N–H and O–H groups in total. The van der Waals surface area contributed by atoms with Crippen molar-refractivity contribution < 1.29 is 9.53 Å². The zero-order valence-electron chi connectivity index (χ0n) is 22.4. The van der Waals surface area contributed by atoms with Crippen molar-refractivity contribution in [1.29, 1.82) is 0 Å². The molecule has 4 heterocycles. The van der Waals surface area contributed by atoms with Crippen molar-refractivity contribution in [3.63, 3.8) is 0 Å². The lowest BCUT2D eigenvalue weighted by Crippen LogP contribution is -2.28. The number of nitrogens with zero attached hydrogens (tertiary/aromatic N) is 4. The number of nitrogens with one attached hydrogen (secondary N) is 1. The number of hydrogen-bond acceptors (Lipinski definition) is 6. The summed E-state index contributed by atoms with van der Waals surface area (Å²) >= 11 is 0. The molecule has 2 aliphatic rings. The predicted molar refractivity (Wildman–Crippen MR) is 146 cm³/mol. The Balaban J connectivity index is 1.23. The molecule has 3 aromatic rings. The molecular formula is C30H39N5O2. The van der Waals surface area contributed by atoms with Crippen molar-refractivity contribution in [2.45, 2.75) is 58.3 Å². The normalized spacial score (nSPS) is 18.3. The number of carbonyl (C=O) groups excluding carboxylic acids is 1. The summed E-state index contributed by atoms with van der Waals surface area (Å²) in [4.78, 5) is 19.7. The molecular weight excluding hydrogens is 462 g/mol. The van der Waals surface area contributed by atoms with E-state index >= 15 is 0 Å². The monoisotopic (exact) mass is 501 g/mol. The highest BCUT2D eigenvalue weighted by atomic mass is 16.5. The number of benzene rings is 1. The average Bonchev–Trinajstić information content (AvgIpc) is 3.51. The van der Waals surface area contributed by atoms with Crippen molar-refractivity contribution in [1.82, 2.24) is 19.7 Å². The third-order valence-corrected chi connectivity index (χ3v) is 7.85. The van der Waals surface area contributed by atoms with E-state index in [1.807, 2.05) is 11.6 Å². The van der Waals surface area contributed by atoms with Crippen molar-refractivity contribution in [2.75, 3.05) is 38.6 Å². The second-order valence-corrected chi connectivity index (χ2v) is 10.7. The molecule has 7 nitrogen and oxygen atoms in total. The number of aryl methyl sites for hydroxylation is 4. The summed E-state index contributed by atoms with van der Waals surface area (Å²) in [7, 11) is 1.47. The van der Waals surface area contributed by atoms with Crippen LogP contribution in [0.15, 0.2) is 42.5 Å². The van der Waals surface area contributed by atoms with Gasteiger partial charge in [0.15, 0.2) is 0 Å². The number of carbonyl (C=O) groups is 1. The maximum Gasteiger partial charge on any atom is 0.306 e. The quantitative estimate of drug-likeness (QED) is 0.423. The Labute approximate surface area is 220 Å². The van der Waals surface area contributed by atoms with Gasteiger partial charge in [-0.25, -0.2) is 9.67 Å². The fraction of sp³-hybridized carbons (Fsp3) is 0.500. The van der Waals surface area contributed by atoms with E-state index in [1.165, 1.54) is 31.2 Å². The molecule has 1 unspecified atom stereocenters. The first-order chi connectivity index (χ1) is 18.0. The highest BCUT2D eigenvalue weighted by Crippen LogP contribution is 2.29. The average molecular weight is 502 g/mol. The van der Waals surface area contributed by atoms with Crippen molar-refractivity contribution in [2.24, 2.45) is 5.92 Å². The van der Waals surface area contributed by atoms with Crippen molar-refractivity contribution in [3.05, 3.63) is 70.7 Å². The van der Waals surface area contributed by atoms with Crippen LogP contribution in [0.4, 0.5) is 5.82 Å². The van der Waals surface area contributed by atoms with E-state index in [0.29, 0.717) is 12.3 Å². The molecule has 2 atom stereocenters. The zero-order chi connectivity index (χ0) is 25.8. The maximum atomic E-state index is 12.3. The second kappa shape index (κ2) is 11.5. The smallest absolute Gasteiger partial charge is 0.306 e. The third-order valence-electron chi connectivity index (χ3n) is 7.85. The van der Waals surface area contributed by atoms with Crippen LogP contribution in [0.1, 0.15) is 59.8 Å². The van der Waals surface area contributed by atoms with Gasteiger partial charge >= 0.3 is 5.97 Å². The van der Waals surface area contributed by atoms with E-state index in [4.69, 9.17) is 9.72 Å². The topological polar surface area (TPSA) is 72.3 Å². The van der Waals surface area contributed by atoms with Gasteiger partial charge in [0.05, 0.1) is 24.9 Å². The van der Waals surface area contributed by atoms with Crippen LogP contribution in [0.5, 0.6) is 0 Å². The molecule has 5 rings (SSSR count). The Morgan fingerprint density at radius 1 is 1.22 bits per heavy atom. The lowest BCUT2D eigenvalue weighted by atomic mass is 9.94. The van der Waals surface area contributed by atoms with Crippen LogP contribution in [0.25, 0.3) is 5.69 Å². The number of methoxy groups -OCH3 is 1. The first-order valence-corrected chi connectivity index (χ1v) is 13.6. The lowest BCUT2D eigenvalue weighted by molar-refractivity contribution is -0.141. The molecule has 2 aromatic heterocycles. The van der Waals surface area contributed by atoms with Crippen LogP contribution in [0.2, 0.25) is 0 Å². The summed E-state index contributed by atoms with van der Waals surface area (Å²) in [5.41, 5.74) is 6.83. The van der Waals surface area contributed by atoms with E-state index in [-0.39, 0.29) is 11.9 Å².